The van der Waals surface area contributed by atoms with Gasteiger partial charge in [0.2, 0.25) is 0 Å². The molecule has 2 rings (SSSR count). The fourth-order valence-corrected chi connectivity index (χ4v) is 2.57. The molecule has 0 bridgehead atoms. The molecule has 23 heavy (non-hydrogen) atoms. The summed E-state index contributed by atoms with van der Waals surface area (Å²) in [5.74, 6) is -0.606. The molecule has 0 aliphatic rings. The van der Waals surface area contributed by atoms with Crippen molar-refractivity contribution in [3.8, 4) is 0 Å². The van der Waals surface area contributed by atoms with Gasteiger partial charge >= 0.3 is 5.97 Å². The Morgan fingerprint density at radius 2 is 1.87 bits per heavy atom. The Bertz CT molecular complexity index is 698. The van der Waals surface area contributed by atoms with Crippen LogP contribution in [0.2, 0.25) is 0 Å². The third kappa shape index (κ3) is 4.93. The van der Waals surface area contributed by atoms with E-state index in [0.717, 1.165) is 15.6 Å². The van der Waals surface area contributed by atoms with Gasteiger partial charge in [-0.05, 0) is 30.7 Å². The molecule has 5 heteroatoms. The summed E-state index contributed by atoms with van der Waals surface area (Å²) in [6.07, 6.45) is 0.0826. The van der Waals surface area contributed by atoms with Crippen LogP contribution in [0.25, 0.3) is 0 Å². The van der Waals surface area contributed by atoms with Crippen molar-refractivity contribution >= 4 is 27.8 Å². The van der Waals surface area contributed by atoms with E-state index in [9.17, 15) is 9.59 Å². The minimum atomic E-state index is -0.436. The number of esters is 1. The Kier molecular flexibility index (Phi) is 5.93. The maximum atomic E-state index is 12.4. The normalized spacial score (nSPS) is 11.6. The molecule has 0 heterocycles. The lowest BCUT2D eigenvalue weighted by atomic mass is 10.0. The quantitative estimate of drug-likeness (QED) is 0.808. The second kappa shape index (κ2) is 7.92. The smallest absolute Gasteiger partial charge is 0.307 e. The van der Waals surface area contributed by atoms with E-state index in [-0.39, 0.29) is 18.3 Å². The predicted molar refractivity (Wildman–Crippen MR) is 92.2 cm³/mol. The van der Waals surface area contributed by atoms with Crippen molar-refractivity contribution in [2.75, 3.05) is 7.11 Å². The number of carbonyl (C=O) groups is 2. The molecule has 0 spiro atoms. The lowest BCUT2D eigenvalue weighted by Gasteiger charge is -2.18. The van der Waals surface area contributed by atoms with Crippen molar-refractivity contribution in [1.29, 1.82) is 0 Å². The van der Waals surface area contributed by atoms with Crippen LogP contribution < -0.4 is 5.32 Å². The monoisotopic (exact) mass is 375 g/mol. The predicted octanol–water partition coefficient (Wildman–Crippen LogP) is 3.79. The molecule has 0 saturated heterocycles. The average Bonchev–Trinajstić information content (AvgIpc) is 2.54. The maximum Gasteiger partial charge on any atom is 0.307 e. The molecule has 0 radical (unpaired) electrons. The number of amides is 1. The molecule has 0 aromatic heterocycles. The van der Waals surface area contributed by atoms with Gasteiger partial charge in [-0.2, -0.15) is 0 Å². The fourth-order valence-electron chi connectivity index (χ4n) is 2.17. The molecule has 0 fully saturated rings. The van der Waals surface area contributed by atoms with E-state index in [0.29, 0.717) is 5.56 Å². The van der Waals surface area contributed by atoms with Gasteiger partial charge < -0.3 is 10.1 Å². The summed E-state index contributed by atoms with van der Waals surface area (Å²) in [4.78, 5) is 24.1. The third-order valence-electron chi connectivity index (χ3n) is 3.47. The molecule has 1 N–H and O–H groups in total. The maximum absolute atomic E-state index is 12.4. The van der Waals surface area contributed by atoms with Crippen molar-refractivity contribution in [2.24, 2.45) is 0 Å². The number of benzene rings is 2. The van der Waals surface area contributed by atoms with Crippen molar-refractivity contribution in [1.82, 2.24) is 5.32 Å². The number of methoxy groups -OCH3 is 1. The number of carbonyl (C=O) groups excluding carboxylic acids is 2. The zero-order valence-electron chi connectivity index (χ0n) is 13.0. The Labute approximate surface area is 144 Å². The first-order chi connectivity index (χ1) is 11.0. The van der Waals surface area contributed by atoms with Crippen LogP contribution >= 0.6 is 15.9 Å². The lowest BCUT2D eigenvalue weighted by Crippen LogP contribution is -2.30. The van der Waals surface area contributed by atoms with Crippen molar-refractivity contribution in [2.45, 2.75) is 19.4 Å². The van der Waals surface area contributed by atoms with Gasteiger partial charge in [0.15, 0.2) is 0 Å². The highest BCUT2D eigenvalue weighted by molar-refractivity contribution is 9.10. The van der Waals surface area contributed by atoms with Gasteiger partial charge in [-0.3, -0.25) is 9.59 Å². The minimum absolute atomic E-state index is 0.0826. The van der Waals surface area contributed by atoms with Gasteiger partial charge in [-0.25, -0.2) is 0 Å². The van der Waals surface area contributed by atoms with Gasteiger partial charge in [0, 0.05) is 10.0 Å². The highest BCUT2D eigenvalue weighted by Gasteiger charge is 2.19. The molecular formula is C18H18BrNO3. The summed E-state index contributed by atoms with van der Waals surface area (Å²) in [6.45, 7) is 1.99. The molecule has 120 valence electrons. The average molecular weight is 376 g/mol. The first kappa shape index (κ1) is 17.2. The third-order valence-corrected chi connectivity index (χ3v) is 3.96. The molecule has 1 unspecified atom stereocenters. The Hall–Kier alpha value is -2.14. The molecule has 0 aliphatic heterocycles. The molecule has 2 aromatic rings. The molecule has 1 atom stereocenters. The van der Waals surface area contributed by atoms with Crippen LogP contribution in [-0.4, -0.2) is 19.0 Å². The summed E-state index contributed by atoms with van der Waals surface area (Å²) >= 11 is 3.35. The number of hydrogen-bond acceptors (Lipinski definition) is 3. The fraction of sp³-hybridized carbons (Fsp3) is 0.222. The summed E-state index contributed by atoms with van der Waals surface area (Å²) in [6, 6.07) is 14.4. The highest BCUT2D eigenvalue weighted by atomic mass is 79.9. The minimum Gasteiger partial charge on any atom is -0.469 e. The van der Waals surface area contributed by atoms with Crippen LogP contribution in [0.1, 0.15) is 33.9 Å². The van der Waals surface area contributed by atoms with E-state index in [2.05, 4.69) is 21.2 Å². The van der Waals surface area contributed by atoms with Crippen molar-refractivity contribution in [3.63, 3.8) is 0 Å². The van der Waals surface area contributed by atoms with Crippen LogP contribution in [0.15, 0.2) is 53.0 Å². The van der Waals surface area contributed by atoms with Crippen LogP contribution in [0.5, 0.6) is 0 Å². The molecule has 0 aliphatic carbocycles. The van der Waals surface area contributed by atoms with E-state index < -0.39 is 6.04 Å². The number of nitrogens with one attached hydrogen (secondary N) is 1. The van der Waals surface area contributed by atoms with E-state index in [1.807, 2.05) is 37.3 Å². The summed E-state index contributed by atoms with van der Waals surface area (Å²) in [7, 11) is 1.34. The van der Waals surface area contributed by atoms with Crippen LogP contribution in [-0.2, 0) is 9.53 Å². The molecule has 2 aromatic carbocycles. The van der Waals surface area contributed by atoms with Gasteiger partial charge in [-0.15, -0.1) is 0 Å². The second-order valence-electron chi connectivity index (χ2n) is 5.23. The van der Waals surface area contributed by atoms with Gasteiger partial charge in [0.25, 0.3) is 5.91 Å². The molecule has 4 nitrogen and oxygen atoms in total. The molecule has 1 amide bonds. The SMILES string of the molecule is COC(=O)CC(NC(=O)c1cccc(Br)c1)c1ccc(C)cc1. The van der Waals surface area contributed by atoms with Crippen molar-refractivity contribution < 1.29 is 14.3 Å². The van der Waals surface area contributed by atoms with Crippen molar-refractivity contribution in [3.05, 3.63) is 69.7 Å². The first-order valence-electron chi connectivity index (χ1n) is 7.19. The first-order valence-corrected chi connectivity index (χ1v) is 7.98. The van der Waals surface area contributed by atoms with Gasteiger partial charge in [-0.1, -0.05) is 51.8 Å². The van der Waals surface area contributed by atoms with E-state index in [1.54, 1.807) is 18.2 Å². The summed E-state index contributed by atoms with van der Waals surface area (Å²) < 4.78 is 5.56. The number of ether oxygens (including phenoxy) is 1. The highest BCUT2D eigenvalue weighted by Crippen LogP contribution is 2.20. The largest absolute Gasteiger partial charge is 0.469 e. The lowest BCUT2D eigenvalue weighted by molar-refractivity contribution is -0.141. The topological polar surface area (TPSA) is 55.4 Å². The standard InChI is InChI=1S/C18H18BrNO3/c1-12-6-8-13(9-7-12)16(11-17(21)23-2)20-18(22)14-4-3-5-15(19)10-14/h3-10,16H,11H2,1-2H3,(H,20,22). The van der Waals surface area contributed by atoms with Crippen LogP contribution in [0.4, 0.5) is 0 Å². The zero-order chi connectivity index (χ0) is 16.8. The van der Waals surface area contributed by atoms with E-state index in [1.165, 1.54) is 7.11 Å². The van der Waals surface area contributed by atoms with E-state index >= 15 is 0 Å². The van der Waals surface area contributed by atoms with Gasteiger partial charge in [0.1, 0.15) is 0 Å². The van der Waals surface area contributed by atoms with Gasteiger partial charge in [0.05, 0.1) is 19.6 Å². The number of aryl methyl sites for hydroxylation is 1. The Balaban J connectivity index is 2.21. The molecular weight excluding hydrogens is 358 g/mol. The number of halogens is 1. The summed E-state index contributed by atoms with van der Waals surface area (Å²) in [5.41, 5.74) is 2.51. The second-order valence-corrected chi connectivity index (χ2v) is 6.14. The number of rotatable bonds is 5. The zero-order valence-corrected chi connectivity index (χ0v) is 14.6. The van der Waals surface area contributed by atoms with Crippen LogP contribution in [0.3, 0.4) is 0 Å². The van der Waals surface area contributed by atoms with Crippen LogP contribution in [0, 0.1) is 6.92 Å². The molecule has 0 saturated carbocycles. The Morgan fingerprint density at radius 3 is 2.48 bits per heavy atom. The number of hydrogen-bond donors (Lipinski definition) is 1. The summed E-state index contributed by atoms with van der Waals surface area (Å²) in [5, 5.41) is 2.90. The van der Waals surface area contributed by atoms with E-state index in [4.69, 9.17) is 4.74 Å². The Morgan fingerprint density at radius 1 is 1.17 bits per heavy atom.